The molecule has 0 amide bonds. The zero-order valence-electron chi connectivity index (χ0n) is 2.94. The van der Waals surface area contributed by atoms with E-state index in [0.29, 0.717) is 0 Å². The SMILES string of the molecule is ClC1NC=[C]S1. The zero-order valence-corrected chi connectivity index (χ0v) is 4.51. The first-order valence-electron chi connectivity index (χ1n) is 1.52. The molecule has 6 heavy (non-hydrogen) atoms. The molecule has 1 nitrogen and oxygen atoms in total. The van der Waals surface area contributed by atoms with Gasteiger partial charge in [-0.25, -0.2) is 0 Å². The van der Waals surface area contributed by atoms with Crippen LogP contribution in [0.5, 0.6) is 0 Å². The lowest BCUT2D eigenvalue weighted by molar-refractivity contribution is 1.02. The fourth-order valence-corrected chi connectivity index (χ4v) is 0.836. The van der Waals surface area contributed by atoms with E-state index < -0.39 is 0 Å². The van der Waals surface area contributed by atoms with Gasteiger partial charge in [0, 0.05) is 11.6 Å². The van der Waals surface area contributed by atoms with Crippen LogP contribution in [0.2, 0.25) is 0 Å². The summed E-state index contributed by atoms with van der Waals surface area (Å²) in [5.74, 6) is 0. The summed E-state index contributed by atoms with van der Waals surface area (Å²) >= 11 is 6.92. The first-order chi connectivity index (χ1) is 2.89. The first kappa shape index (κ1) is 4.34. The molecule has 33 valence electrons. The van der Waals surface area contributed by atoms with Gasteiger partial charge in [-0.2, -0.15) is 0 Å². The van der Waals surface area contributed by atoms with Crippen LogP contribution in [0.3, 0.4) is 0 Å². The van der Waals surface area contributed by atoms with Crippen LogP contribution in [0, 0.1) is 5.41 Å². The van der Waals surface area contributed by atoms with E-state index in [1.54, 1.807) is 6.20 Å². The van der Waals surface area contributed by atoms with E-state index >= 15 is 0 Å². The molecule has 1 atom stereocenters. The highest BCUT2D eigenvalue weighted by atomic mass is 35.5. The summed E-state index contributed by atoms with van der Waals surface area (Å²) in [5.41, 5.74) is 0. The fourth-order valence-electron chi connectivity index (χ4n) is 0.227. The largest absolute Gasteiger partial charge is 0.366 e. The second kappa shape index (κ2) is 1.76. The van der Waals surface area contributed by atoms with Gasteiger partial charge in [-0.15, -0.1) is 0 Å². The molecule has 0 fully saturated rings. The standard InChI is InChI=1S/C3H3ClNS/c4-3-5-1-2-6-3/h1,3,5H. The number of nitrogens with one attached hydrogen (secondary N) is 1. The normalized spacial score (nSPS) is 30.5. The van der Waals surface area contributed by atoms with E-state index in [1.807, 2.05) is 0 Å². The molecule has 1 N–H and O–H groups in total. The minimum absolute atomic E-state index is 0.0185. The highest BCUT2D eigenvalue weighted by Crippen LogP contribution is 2.16. The lowest BCUT2D eigenvalue weighted by Gasteiger charge is -1.93. The maximum absolute atomic E-state index is 5.47. The number of rotatable bonds is 0. The second-order valence-electron chi connectivity index (χ2n) is 0.863. The Labute approximate surface area is 45.7 Å². The van der Waals surface area contributed by atoms with Crippen LogP contribution < -0.4 is 5.32 Å². The predicted octanol–water partition coefficient (Wildman–Crippen LogP) is 1.12. The van der Waals surface area contributed by atoms with Crippen molar-refractivity contribution in [1.82, 2.24) is 5.32 Å². The van der Waals surface area contributed by atoms with Crippen LogP contribution in [-0.2, 0) is 0 Å². The maximum atomic E-state index is 5.47. The van der Waals surface area contributed by atoms with E-state index in [1.165, 1.54) is 11.8 Å². The quantitative estimate of drug-likeness (QED) is 0.380. The van der Waals surface area contributed by atoms with Crippen molar-refractivity contribution in [2.24, 2.45) is 0 Å². The number of hydrogen-bond acceptors (Lipinski definition) is 2. The summed E-state index contributed by atoms with van der Waals surface area (Å²) < 4.78 is 0. The maximum Gasteiger partial charge on any atom is 0.153 e. The Morgan fingerprint density at radius 3 is 3.00 bits per heavy atom. The Morgan fingerprint density at radius 2 is 2.83 bits per heavy atom. The van der Waals surface area contributed by atoms with Crippen molar-refractivity contribution in [3.05, 3.63) is 11.6 Å². The molecule has 1 aliphatic heterocycles. The van der Waals surface area contributed by atoms with Crippen molar-refractivity contribution in [2.75, 3.05) is 0 Å². The Hall–Kier alpha value is 0.180. The summed E-state index contributed by atoms with van der Waals surface area (Å²) in [6.07, 6.45) is 1.71. The van der Waals surface area contributed by atoms with Crippen LogP contribution in [0.1, 0.15) is 0 Å². The topological polar surface area (TPSA) is 12.0 Å². The third-order valence-corrected chi connectivity index (χ3v) is 1.44. The summed E-state index contributed by atoms with van der Waals surface area (Å²) in [6, 6.07) is 0. The summed E-state index contributed by atoms with van der Waals surface area (Å²) in [4.78, 5) is 0.0185. The fraction of sp³-hybridized carbons (Fsp3) is 0.333. The van der Waals surface area contributed by atoms with Gasteiger partial charge < -0.3 is 5.32 Å². The molecular weight excluding hydrogens is 118 g/mol. The van der Waals surface area contributed by atoms with Crippen LogP contribution in [0.4, 0.5) is 0 Å². The molecule has 0 aromatic rings. The van der Waals surface area contributed by atoms with Gasteiger partial charge in [0.2, 0.25) is 0 Å². The lowest BCUT2D eigenvalue weighted by atomic mass is 11.0. The Kier molecular flexibility index (Phi) is 1.27. The number of thioether (sulfide) groups is 1. The predicted molar refractivity (Wildman–Crippen MR) is 28.2 cm³/mol. The highest BCUT2D eigenvalue weighted by molar-refractivity contribution is 8.02. The summed E-state index contributed by atoms with van der Waals surface area (Å²) in [5, 5.41) is 5.63. The Balaban J connectivity index is 2.32. The molecule has 3 heteroatoms. The van der Waals surface area contributed by atoms with Gasteiger partial charge in [0.05, 0.1) is 0 Å². The average Bonchev–Trinajstić information content (AvgIpc) is 1.86. The Morgan fingerprint density at radius 1 is 2.00 bits per heavy atom. The molecule has 0 bridgehead atoms. The van der Waals surface area contributed by atoms with Gasteiger partial charge in [-0.05, 0) is 0 Å². The molecule has 0 saturated heterocycles. The number of hydrogen-bond donors (Lipinski definition) is 1. The molecule has 0 aliphatic carbocycles. The second-order valence-corrected chi connectivity index (χ2v) is 2.50. The van der Waals surface area contributed by atoms with Gasteiger partial charge in [0.15, 0.2) is 4.83 Å². The van der Waals surface area contributed by atoms with Crippen LogP contribution in [0.15, 0.2) is 6.20 Å². The average molecular weight is 121 g/mol. The molecule has 1 rings (SSSR count). The van der Waals surface area contributed by atoms with Crippen molar-refractivity contribution >= 4 is 23.4 Å². The minimum Gasteiger partial charge on any atom is -0.366 e. The van der Waals surface area contributed by atoms with Gasteiger partial charge in [-0.3, -0.25) is 0 Å². The molecule has 1 aliphatic rings. The summed E-state index contributed by atoms with van der Waals surface area (Å²) in [7, 11) is 0. The molecule has 0 aromatic heterocycles. The number of alkyl halides is 1. The highest BCUT2D eigenvalue weighted by Gasteiger charge is 2.02. The van der Waals surface area contributed by atoms with Crippen LogP contribution in [0.25, 0.3) is 0 Å². The minimum atomic E-state index is 0.0185. The van der Waals surface area contributed by atoms with Crippen molar-refractivity contribution in [3.63, 3.8) is 0 Å². The third kappa shape index (κ3) is 0.820. The molecule has 1 heterocycles. The zero-order chi connectivity index (χ0) is 4.41. The molecule has 0 aromatic carbocycles. The molecule has 1 radical (unpaired) electrons. The van der Waals surface area contributed by atoms with Crippen molar-refractivity contribution in [1.29, 1.82) is 0 Å². The lowest BCUT2D eigenvalue weighted by Crippen LogP contribution is -2.06. The molecular formula is C3H3ClNS. The molecule has 0 saturated carbocycles. The first-order valence-corrected chi connectivity index (χ1v) is 2.84. The monoisotopic (exact) mass is 120 g/mol. The number of halogens is 1. The van der Waals surface area contributed by atoms with Gasteiger partial charge in [0.1, 0.15) is 0 Å². The smallest absolute Gasteiger partial charge is 0.153 e. The van der Waals surface area contributed by atoms with E-state index in [0.717, 1.165) is 0 Å². The third-order valence-electron chi connectivity index (χ3n) is 0.445. The van der Waals surface area contributed by atoms with E-state index in [2.05, 4.69) is 10.7 Å². The molecule has 0 spiro atoms. The Bertz CT molecular complexity index is 65.2. The van der Waals surface area contributed by atoms with E-state index in [4.69, 9.17) is 11.6 Å². The van der Waals surface area contributed by atoms with E-state index in [-0.39, 0.29) is 4.83 Å². The van der Waals surface area contributed by atoms with Gasteiger partial charge >= 0.3 is 0 Å². The van der Waals surface area contributed by atoms with Gasteiger partial charge in [-0.1, -0.05) is 23.4 Å². The van der Waals surface area contributed by atoms with E-state index in [9.17, 15) is 0 Å². The summed E-state index contributed by atoms with van der Waals surface area (Å²) in [6.45, 7) is 0. The van der Waals surface area contributed by atoms with Crippen LogP contribution in [-0.4, -0.2) is 4.83 Å². The van der Waals surface area contributed by atoms with Crippen LogP contribution >= 0.6 is 23.4 Å². The van der Waals surface area contributed by atoms with Gasteiger partial charge in [0.25, 0.3) is 0 Å². The molecule has 1 unspecified atom stereocenters. The van der Waals surface area contributed by atoms with Crippen molar-refractivity contribution < 1.29 is 0 Å². The van der Waals surface area contributed by atoms with Crippen molar-refractivity contribution in [3.8, 4) is 0 Å². The van der Waals surface area contributed by atoms with Crippen molar-refractivity contribution in [2.45, 2.75) is 4.83 Å².